The Morgan fingerprint density at radius 2 is 2.00 bits per heavy atom. The van der Waals surface area contributed by atoms with E-state index in [9.17, 15) is 9.90 Å². The van der Waals surface area contributed by atoms with Gasteiger partial charge in [-0.25, -0.2) is 4.98 Å². The first-order valence-electron chi connectivity index (χ1n) is 8.85. The normalized spacial score (nSPS) is 11.7. The van der Waals surface area contributed by atoms with Gasteiger partial charge < -0.3 is 15.4 Å². The lowest BCUT2D eigenvalue weighted by Gasteiger charge is -2.16. The molecule has 26 heavy (non-hydrogen) atoms. The molecule has 0 atom stereocenters. The second-order valence-corrected chi connectivity index (χ2v) is 7.37. The number of imidazole rings is 1. The maximum atomic E-state index is 12.5. The minimum atomic E-state index is -0.706. The molecule has 0 saturated carbocycles. The molecule has 0 bridgehead atoms. The molecule has 0 radical (unpaired) electrons. The van der Waals surface area contributed by atoms with Gasteiger partial charge in [0.15, 0.2) is 0 Å². The fourth-order valence-electron chi connectivity index (χ4n) is 2.90. The summed E-state index contributed by atoms with van der Waals surface area (Å²) in [5, 5.41) is 12.8. The van der Waals surface area contributed by atoms with Crippen LogP contribution in [0.4, 0.5) is 0 Å². The van der Waals surface area contributed by atoms with E-state index >= 15 is 0 Å². The van der Waals surface area contributed by atoms with E-state index in [4.69, 9.17) is 0 Å². The number of hydrogen-bond acceptors (Lipinski definition) is 3. The molecule has 0 spiro atoms. The zero-order chi connectivity index (χ0) is 18.7. The topological polar surface area (TPSA) is 78.0 Å². The average Bonchev–Trinajstić information content (AvgIpc) is 2.96. The van der Waals surface area contributed by atoms with Gasteiger partial charge in [-0.05, 0) is 69.0 Å². The van der Waals surface area contributed by atoms with Crippen LogP contribution in [0, 0.1) is 6.92 Å². The number of carbonyl (C=O) groups excluding carboxylic acids is 1. The highest BCUT2D eigenvalue weighted by Crippen LogP contribution is 2.15. The number of rotatable bonds is 6. The predicted molar refractivity (Wildman–Crippen MR) is 103 cm³/mol. The summed E-state index contributed by atoms with van der Waals surface area (Å²) in [6.45, 7) is 5.97. The predicted octanol–water partition coefficient (Wildman–Crippen LogP) is 3.50. The van der Waals surface area contributed by atoms with E-state index in [0.717, 1.165) is 34.4 Å². The van der Waals surface area contributed by atoms with Crippen molar-refractivity contribution in [2.24, 2.45) is 0 Å². The summed E-state index contributed by atoms with van der Waals surface area (Å²) in [6.07, 6.45) is 1.39. The molecule has 5 nitrogen and oxygen atoms in total. The first-order chi connectivity index (χ1) is 12.3. The van der Waals surface area contributed by atoms with Gasteiger partial charge >= 0.3 is 0 Å². The Kier molecular flexibility index (Phi) is 5.09. The lowest BCUT2D eigenvalue weighted by molar-refractivity contribution is 0.0714. The molecule has 1 heterocycles. The third-order valence-electron chi connectivity index (χ3n) is 4.33. The molecular formula is C21H25N3O2. The van der Waals surface area contributed by atoms with Gasteiger partial charge in [0.05, 0.1) is 16.6 Å². The van der Waals surface area contributed by atoms with Crippen molar-refractivity contribution < 1.29 is 9.90 Å². The van der Waals surface area contributed by atoms with Crippen LogP contribution in [0.3, 0.4) is 0 Å². The molecule has 0 fully saturated rings. The number of aliphatic hydroxyl groups is 1. The number of aromatic nitrogens is 2. The van der Waals surface area contributed by atoms with Crippen molar-refractivity contribution in [3.05, 3.63) is 65.0 Å². The van der Waals surface area contributed by atoms with Crippen molar-refractivity contribution in [1.82, 2.24) is 15.3 Å². The first kappa shape index (κ1) is 18.1. The third-order valence-corrected chi connectivity index (χ3v) is 4.33. The van der Waals surface area contributed by atoms with Gasteiger partial charge in [0, 0.05) is 12.1 Å². The SMILES string of the molecule is Cc1nc2ccc(CNC(=O)c3cccc(CCC(C)(C)O)c3)cc2[nH]1. The number of amides is 1. The van der Waals surface area contributed by atoms with E-state index in [1.807, 2.05) is 49.4 Å². The van der Waals surface area contributed by atoms with Crippen LogP contribution in [0.2, 0.25) is 0 Å². The van der Waals surface area contributed by atoms with Gasteiger partial charge in [-0.2, -0.15) is 0 Å². The molecule has 0 aliphatic rings. The van der Waals surface area contributed by atoms with Crippen LogP contribution in [-0.2, 0) is 13.0 Å². The van der Waals surface area contributed by atoms with Gasteiger partial charge in [-0.1, -0.05) is 18.2 Å². The molecule has 0 unspecified atom stereocenters. The highest BCUT2D eigenvalue weighted by atomic mass is 16.3. The lowest BCUT2D eigenvalue weighted by Crippen LogP contribution is -2.23. The Morgan fingerprint density at radius 3 is 2.77 bits per heavy atom. The summed E-state index contributed by atoms with van der Waals surface area (Å²) in [5.74, 6) is 0.778. The lowest BCUT2D eigenvalue weighted by atomic mass is 9.98. The standard InChI is InChI=1S/C21H25N3O2/c1-14-23-18-8-7-16(12-19(18)24-14)13-22-20(25)17-6-4-5-15(11-17)9-10-21(2,3)26/h4-8,11-12,26H,9-10,13H2,1-3H3,(H,22,25)(H,23,24). The van der Waals surface area contributed by atoms with Crippen molar-refractivity contribution in [2.45, 2.75) is 45.8 Å². The molecule has 3 aromatic rings. The van der Waals surface area contributed by atoms with Gasteiger partial charge in [0.2, 0.25) is 0 Å². The van der Waals surface area contributed by atoms with Crippen LogP contribution in [-0.4, -0.2) is 26.6 Å². The first-order valence-corrected chi connectivity index (χ1v) is 8.85. The third kappa shape index (κ3) is 4.70. The monoisotopic (exact) mass is 351 g/mol. The summed E-state index contributed by atoms with van der Waals surface area (Å²) in [6, 6.07) is 13.5. The number of hydrogen-bond donors (Lipinski definition) is 3. The number of aromatic amines is 1. The van der Waals surface area contributed by atoms with E-state index in [1.54, 1.807) is 13.8 Å². The Hall–Kier alpha value is -2.66. The Labute approximate surface area is 153 Å². The van der Waals surface area contributed by atoms with E-state index in [1.165, 1.54) is 0 Å². The molecule has 0 aliphatic heterocycles. The molecule has 2 aromatic carbocycles. The van der Waals surface area contributed by atoms with E-state index < -0.39 is 5.60 Å². The molecule has 1 amide bonds. The van der Waals surface area contributed by atoms with Crippen molar-refractivity contribution in [1.29, 1.82) is 0 Å². The maximum Gasteiger partial charge on any atom is 0.251 e. The minimum Gasteiger partial charge on any atom is -0.390 e. The summed E-state index contributed by atoms with van der Waals surface area (Å²) < 4.78 is 0. The van der Waals surface area contributed by atoms with E-state index in [2.05, 4.69) is 15.3 Å². The molecular weight excluding hydrogens is 326 g/mol. The second kappa shape index (κ2) is 7.30. The molecule has 3 N–H and O–H groups in total. The number of nitrogens with zero attached hydrogens (tertiary/aromatic N) is 1. The minimum absolute atomic E-state index is 0.101. The van der Waals surface area contributed by atoms with Crippen LogP contribution in [0.1, 0.15) is 47.6 Å². The maximum absolute atomic E-state index is 12.5. The average molecular weight is 351 g/mol. The number of benzene rings is 2. The second-order valence-electron chi connectivity index (χ2n) is 7.37. The summed E-state index contributed by atoms with van der Waals surface area (Å²) >= 11 is 0. The van der Waals surface area contributed by atoms with Gasteiger partial charge in [-0.3, -0.25) is 4.79 Å². The molecule has 1 aromatic heterocycles. The van der Waals surface area contributed by atoms with Gasteiger partial charge in [-0.15, -0.1) is 0 Å². The van der Waals surface area contributed by atoms with E-state index in [0.29, 0.717) is 18.5 Å². The fraction of sp³-hybridized carbons (Fsp3) is 0.333. The Bertz CT molecular complexity index is 922. The van der Waals surface area contributed by atoms with Crippen molar-refractivity contribution in [2.75, 3.05) is 0 Å². The highest BCUT2D eigenvalue weighted by Gasteiger charge is 2.13. The zero-order valence-corrected chi connectivity index (χ0v) is 15.5. The summed E-state index contributed by atoms with van der Waals surface area (Å²) in [5.41, 5.74) is 3.90. The molecule has 3 rings (SSSR count). The Morgan fingerprint density at radius 1 is 1.19 bits per heavy atom. The molecule has 136 valence electrons. The summed E-state index contributed by atoms with van der Waals surface area (Å²) in [7, 11) is 0. The Balaban J connectivity index is 1.63. The van der Waals surface area contributed by atoms with Crippen molar-refractivity contribution in [3.8, 4) is 0 Å². The fourth-order valence-corrected chi connectivity index (χ4v) is 2.90. The van der Waals surface area contributed by atoms with E-state index in [-0.39, 0.29) is 5.91 Å². The molecule has 5 heteroatoms. The quantitative estimate of drug-likeness (QED) is 0.636. The number of fused-ring (bicyclic) bond motifs is 1. The van der Waals surface area contributed by atoms with Gasteiger partial charge in [0.25, 0.3) is 5.91 Å². The van der Waals surface area contributed by atoms with Crippen molar-refractivity contribution in [3.63, 3.8) is 0 Å². The van der Waals surface area contributed by atoms with Crippen LogP contribution >= 0.6 is 0 Å². The van der Waals surface area contributed by atoms with Gasteiger partial charge in [0.1, 0.15) is 5.82 Å². The number of H-pyrrole nitrogens is 1. The number of nitrogens with one attached hydrogen (secondary N) is 2. The van der Waals surface area contributed by atoms with Crippen LogP contribution in [0.25, 0.3) is 11.0 Å². The number of aryl methyl sites for hydroxylation is 2. The molecule has 0 aliphatic carbocycles. The van der Waals surface area contributed by atoms with Crippen LogP contribution in [0.5, 0.6) is 0 Å². The van der Waals surface area contributed by atoms with Crippen LogP contribution in [0.15, 0.2) is 42.5 Å². The largest absolute Gasteiger partial charge is 0.390 e. The molecule has 0 saturated heterocycles. The zero-order valence-electron chi connectivity index (χ0n) is 15.5. The highest BCUT2D eigenvalue weighted by molar-refractivity contribution is 5.94. The summed E-state index contributed by atoms with van der Waals surface area (Å²) in [4.78, 5) is 20.0. The smallest absolute Gasteiger partial charge is 0.251 e. The van der Waals surface area contributed by atoms with Crippen molar-refractivity contribution >= 4 is 16.9 Å². The van der Waals surface area contributed by atoms with Crippen LogP contribution < -0.4 is 5.32 Å². The number of carbonyl (C=O) groups is 1.